The second-order valence-electron chi connectivity index (χ2n) is 8.10. The molecule has 148 valence electrons. The third-order valence-corrected chi connectivity index (χ3v) is 6.90. The van der Waals surface area contributed by atoms with Crippen molar-refractivity contribution in [3.8, 4) is 0 Å². The SMILES string of the molecule is CCN=C(NC1C2CCOC2C12CCCC2)N1CCN(C(C)=O)CC1.I. The third-order valence-electron chi connectivity index (χ3n) is 6.90. The van der Waals surface area contributed by atoms with E-state index in [-0.39, 0.29) is 29.9 Å². The molecule has 2 saturated carbocycles. The molecule has 0 radical (unpaired) electrons. The van der Waals surface area contributed by atoms with Crippen LogP contribution in [-0.2, 0) is 9.53 Å². The van der Waals surface area contributed by atoms with Gasteiger partial charge in [0.2, 0.25) is 5.91 Å². The zero-order chi connectivity index (χ0) is 17.4. The highest BCUT2D eigenvalue weighted by molar-refractivity contribution is 14.0. The van der Waals surface area contributed by atoms with E-state index in [0.717, 1.165) is 45.3 Å². The van der Waals surface area contributed by atoms with Crippen molar-refractivity contribution >= 4 is 35.8 Å². The van der Waals surface area contributed by atoms with E-state index in [4.69, 9.17) is 9.73 Å². The van der Waals surface area contributed by atoms with Crippen LogP contribution in [-0.4, -0.2) is 73.1 Å². The Bertz CT molecular complexity index is 542. The van der Waals surface area contributed by atoms with Crippen LogP contribution in [0, 0.1) is 11.3 Å². The van der Waals surface area contributed by atoms with Crippen LogP contribution in [0.25, 0.3) is 0 Å². The molecule has 1 spiro atoms. The van der Waals surface area contributed by atoms with Gasteiger partial charge in [-0.05, 0) is 26.2 Å². The highest BCUT2D eigenvalue weighted by atomic mass is 127. The highest BCUT2D eigenvalue weighted by Gasteiger charge is 2.65. The Hall–Kier alpha value is -0.570. The number of carbonyl (C=O) groups excluding carboxylic acids is 1. The maximum atomic E-state index is 11.6. The first-order valence-electron chi connectivity index (χ1n) is 10.1. The minimum Gasteiger partial charge on any atom is -0.377 e. The molecule has 2 aliphatic heterocycles. The summed E-state index contributed by atoms with van der Waals surface area (Å²) in [6.45, 7) is 8.81. The third kappa shape index (κ3) is 3.34. The maximum absolute atomic E-state index is 11.6. The van der Waals surface area contributed by atoms with Crippen LogP contribution in [0.15, 0.2) is 4.99 Å². The number of nitrogens with one attached hydrogen (secondary N) is 1. The topological polar surface area (TPSA) is 57.2 Å². The molecular weight excluding hydrogens is 443 g/mol. The molecule has 4 fully saturated rings. The van der Waals surface area contributed by atoms with Crippen molar-refractivity contribution in [1.82, 2.24) is 15.1 Å². The van der Waals surface area contributed by atoms with Gasteiger partial charge in [0.15, 0.2) is 5.96 Å². The number of amides is 1. The molecule has 2 heterocycles. The molecule has 4 rings (SSSR count). The van der Waals surface area contributed by atoms with Gasteiger partial charge in [-0.2, -0.15) is 0 Å². The van der Waals surface area contributed by atoms with E-state index in [1.165, 1.54) is 32.1 Å². The lowest BCUT2D eigenvalue weighted by molar-refractivity contribution is -0.130. The lowest BCUT2D eigenvalue weighted by Gasteiger charge is -2.57. The molecule has 0 aromatic heterocycles. The van der Waals surface area contributed by atoms with Gasteiger partial charge in [-0.3, -0.25) is 9.79 Å². The molecule has 2 saturated heterocycles. The summed E-state index contributed by atoms with van der Waals surface area (Å²) in [6.07, 6.45) is 6.92. The summed E-state index contributed by atoms with van der Waals surface area (Å²) in [5.41, 5.74) is 0.344. The molecule has 6 nitrogen and oxygen atoms in total. The summed E-state index contributed by atoms with van der Waals surface area (Å²) < 4.78 is 6.11. The Morgan fingerprint density at radius 2 is 1.85 bits per heavy atom. The number of hydrogen-bond acceptors (Lipinski definition) is 3. The largest absolute Gasteiger partial charge is 0.377 e. The standard InChI is InChI=1S/C19H32N4O2.HI/c1-3-20-18(23-11-9-22(10-12-23)14(2)24)21-16-15-6-13-25-17(15)19(16)7-4-5-8-19;/h15-17H,3-13H2,1-2H3,(H,20,21);1H. The predicted molar refractivity (Wildman–Crippen MR) is 113 cm³/mol. The summed E-state index contributed by atoms with van der Waals surface area (Å²) in [7, 11) is 0. The number of rotatable bonds is 2. The van der Waals surface area contributed by atoms with Crippen LogP contribution in [0.5, 0.6) is 0 Å². The minimum atomic E-state index is 0. The Morgan fingerprint density at radius 1 is 1.19 bits per heavy atom. The fraction of sp³-hybridized carbons (Fsp3) is 0.895. The molecule has 2 aliphatic carbocycles. The van der Waals surface area contributed by atoms with Crippen molar-refractivity contribution < 1.29 is 9.53 Å². The maximum Gasteiger partial charge on any atom is 0.219 e. The minimum absolute atomic E-state index is 0. The fourth-order valence-corrected chi connectivity index (χ4v) is 5.66. The van der Waals surface area contributed by atoms with Gasteiger partial charge in [0.05, 0.1) is 6.10 Å². The van der Waals surface area contributed by atoms with Crippen LogP contribution in [0.4, 0.5) is 0 Å². The number of piperazine rings is 1. The first kappa shape index (κ1) is 20.2. The van der Waals surface area contributed by atoms with Crippen molar-refractivity contribution in [3.63, 3.8) is 0 Å². The second-order valence-corrected chi connectivity index (χ2v) is 8.10. The van der Waals surface area contributed by atoms with Crippen molar-refractivity contribution in [1.29, 1.82) is 0 Å². The van der Waals surface area contributed by atoms with E-state index in [1.807, 2.05) is 4.90 Å². The van der Waals surface area contributed by atoms with E-state index in [0.29, 0.717) is 23.5 Å². The number of guanidine groups is 1. The lowest BCUT2D eigenvalue weighted by atomic mass is 9.54. The molecule has 0 aromatic rings. The van der Waals surface area contributed by atoms with Gasteiger partial charge in [-0.15, -0.1) is 24.0 Å². The molecule has 0 aromatic carbocycles. The Labute approximate surface area is 174 Å². The number of carbonyl (C=O) groups is 1. The Morgan fingerprint density at radius 3 is 2.46 bits per heavy atom. The summed E-state index contributed by atoms with van der Waals surface area (Å²) in [6, 6.07) is 0.513. The van der Waals surface area contributed by atoms with E-state index >= 15 is 0 Å². The molecule has 3 atom stereocenters. The van der Waals surface area contributed by atoms with Crippen LogP contribution >= 0.6 is 24.0 Å². The van der Waals surface area contributed by atoms with Gasteiger partial charge < -0.3 is 19.9 Å². The smallest absolute Gasteiger partial charge is 0.219 e. The van der Waals surface area contributed by atoms with Crippen LogP contribution in [0.2, 0.25) is 0 Å². The van der Waals surface area contributed by atoms with E-state index in [9.17, 15) is 4.79 Å². The van der Waals surface area contributed by atoms with Crippen molar-refractivity contribution in [2.75, 3.05) is 39.3 Å². The zero-order valence-electron chi connectivity index (χ0n) is 16.1. The van der Waals surface area contributed by atoms with Crippen molar-refractivity contribution in [2.24, 2.45) is 16.3 Å². The van der Waals surface area contributed by atoms with Gasteiger partial charge >= 0.3 is 0 Å². The van der Waals surface area contributed by atoms with Gasteiger partial charge in [0.25, 0.3) is 0 Å². The summed E-state index contributed by atoms with van der Waals surface area (Å²) in [5.74, 6) is 1.88. The molecule has 1 amide bonds. The molecule has 3 unspecified atom stereocenters. The number of aliphatic imine (C=N–C) groups is 1. The molecule has 1 N–H and O–H groups in total. The normalized spacial score (nSPS) is 32.8. The second kappa shape index (κ2) is 8.20. The first-order chi connectivity index (χ1) is 12.2. The van der Waals surface area contributed by atoms with Crippen molar-refractivity contribution in [2.45, 2.75) is 58.1 Å². The Kier molecular flexibility index (Phi) is 6.37. The summed E-state index contributed by atoms with van der Waals surface area (Å²) in [4.78, 5) is 20.6. The van der Waals surface area contributed by atoms with Gasteiger partial charge in [-0.25, -0.2) is 0 Å². The molecule has 4 aliphatic rings. The average molecular weight is 476 g/mol. The lowest BCUT2D eigenvalue weighted by Crippen LogP contribution is -2.70. The summed E-state index contributed by atoms with van der Waals surface area (Å²) in [5, 5.41) is 3.86. The number of ether oxygens (including phenoxy) is 1. The number of hydrogen-bond donors (Lipinski definition) is 1. The van der Waals surface area contributed by atoms with E-state index in [2.05, 4.69) is 17.1 Å². The number of fused-ring (bicyclic) bond motifs is 2. The summed E-state index contributed by atoms with van der Waals surface area (Å²) >= 11 is 0. The molecule has 26 heavy (non-hydrogen) atoms. The monoisotopic (exact) mass is 476 g/mol. The van der Waals surface area contributed by atoms with Crippen LogP contribution in [0.1, 0.15) is 46.0 Å². The van der Waals surface area contributed by atoms with E-state index in [1.54, 1.807) is 6.92 Å². The van der Waals surface area contributed by atoms with Gasteiger partial charge in [0.1, 0.15) is 0 Å². The van der Waals surface area contributed by atoms with Crippen molar-refractivity contribution in [3.05, 3.63) is 0 Å². The van der Waals surface area contributed by atoms with Gasteiger partial charge in [-0.1, -0.05) is 12.8 Å². The van der Waals surface area contributed by atoms with Gasteiger partial charge in [0, 0.05) is 63.6 Å². The molecule has 0 bridgehead atoms. The fourth-order valence-electron chi connectivity index (χ4n) is 5.66. The molecular formula is C19H33IN4O2. The zero-order valence-corrected chi connectivity index (χ0v) is 18.4. The van der Waals surface area contributed by atoms with Crippen LogP contribution < -0.4 is 5.32 Å². The average Bonchev–Trinajstić information content (AvgIpc) is 3.27. The number of halogens is 1. The van der Waals surface area contributed by atoms with Crippen LogP contribution in [0.3, 0.4) is 0 Å². The highest BCUT2D eigenvalue weighted by Crippen LogP contribution is 2.60. The Balaban J connectivity index is 0.00000196. The first-order valence-corrected chi connectivity index (χ1v) is 10.1. The molecule has 7 heteroatoms. The predicted octanol–water partition coefficient (Wildman–Crippen LogP) is 2.08. The number of nitrogens with zero attached hydrogens (tertiary/aromatic N) is 3. The van der Waals surface area contributed by atoms with E-state index < -0.39 is 0 Å². The quantitative estimate of drug-likeness (QED) is 0.377.